The Hall–Kier alpha value is -3.60. The second kappa shape index (κ2) is 9.47. The molecular weight excluding hydrogens is 384 g/mol. The molecule has 4 rings (SSSR count). The summed E-state index contributed by atoms with van der Waals surface area (Å²) in [6.07, 6.45) is 0.657. The Kier molecular flexibility index (Phi) is 6.32. The van der Waals surface area contributed by atoms with Gasteiger partial charge in [0.05, 0.1) is 17.1 Å². The average Bonchev–Trinajstić information content (AvgIpc) is 3.25. The molecule has 2 N–H and O–H groups in total. The van der Waals surface area contributed by atoms with E-state index in [1.807, 2.05) is 66.7 Å². The molecule has 1 unspecified atom stereocenters. The first-order valence-electron chi connectivity index (χ1n) is 10.8. The molecule has 1 amide bonds. The molecular formula is C26H28N4O. The SMILES string of the molecule is CCN(CC)c1ccc(C(=O)NC(Cc2ccccc2)c2nc3ccccc3[nH]2)cc1. The lowest BCUT2D eigenvalue weighted by Gasteiger charge is -2.21. The summed E-state index contributed by atoms with van der Waals surface area (Å²) < 4.78 is 0. The van der Waals surface area contributed by atoms with Gasteiger partial charge in [-0.2, -0.15) is 0 Å². The van der Waals surface area contributed by atoms with Crippen LogP contribution in [0.5, 0.6) is 0 Å². The van der Waals surface area contributed by atoms with Gasteiger partial charge in [0.2, 0.25) is 0 Å². The lowest BCUT2D eigenvalue weighted by Crippen LogP contribution is -2.31. The minimum Gasteiger partial charge on any atom is -0.372 e. The largest absolute Gasteiger partial charge is 0.372 e. The van der Waals surface area contributed by atoms with Gasteiger partial charge < -0.3 is 15.2 Å². The van der Waals surface area contributed by atoms with Gasteiger partial charge in [-0.25, -0.2) is 4.98 Å². The van der Waals surface area contributed by atoms with Crippen molar-refractivity contribution in [3.63, 3.8) is 0 Å². The highest BCUT2D eigenvalue weighted by atomic mass is 16.1. The van der Waals surface area contributed by atoms with Crippen LogP contribution in [0, 0.1) is 0 Å². The molecule has 1 atom stereocenters. The molecule has 158 valence electrons. The Morgan fingerprint density at radius 1 is 0.935 bits per heavy atom. The van der Waals surface area contributed by atoms with Crippen LogP contribution in [-0.2, 0) is 6.42 Å². The number of aromatic nitrogens is 2. The molecule has 1 heterocycles. The number of nitrogens with one attached hydrogen (secondary N) is 2. The number of amides is 1. The smallest absolute Gasteiger partial charge is 0.251 e. The van der Waals surface area contributed by atoms with Gasteiger partial charge in [0.25, 0.3) is 5.91 Å². The first-order valence-corrected chi connectivity index (χ1v) is 10.8. The molecule has 0 saturated heterocycles. The van der Waals surface area contributed by atoms with Crippen LogP contribution >= 0.6 is 0 Å². The fourth-order valence-electron chi connectivity index (χ4n) is 3.86. The Morgan fingerprint density at radius 2 is 1.61 bits per heavy atom. The molecule has 0 saturated carbocycles. The molecule has 31 heavy (non-hydrogen) atoms. The first kappa shape index (κ1) is 20.7. The van der Waals surface area contributed by atoms with Crippen molar-refractivity contribution in [1.29, 1.82) is 0 Å². The van der Waals surface area contributed by atoms with Crippen molar-refractivity contribution in [3.8, 4) is 0 Å². The van der Waals surface area contributed by atoms with Crippen molar-refractivity contribution in [2.24, 2.45) is 0 Å². The second-order valence-corrected chi connectivity index (χ2v) is 7.57. The van der Waals surface area contributed by atoms with Gasteiger partial charge in [0, 0.05) is 24.3 Å². The van der Waals surface area contributed by atoms with E-state index in [0.717, 1.165) is 41.2 Å². The number of nitrogens with zero attached hydrogens (tertiary/aromatic N) is 2. The van der Waals surface area contributed by atoms with Crippen LogP contribution in [0.25, 0.3) is 11.0 Å². The highest BCUT2D eigenvalue weighted by molar-refractivity contribution is 5.94. The number of hydrogen-bond acceptors (Lipinski definition) is 3. The van der Waals surface area contributed by atoms with E-state index in [-0.39, 0.29) is 11.9 Å². The van der Waals surface area contributed by atoms with Crippen LogP contribution in [0.2, 0.25) is 0 Å². The van der Waals surface area contributed by atoms with E-state index in [2.05, 4.69) is 41.2 Å². The summed E-state index contributed by atoms with van der Waals surface area (Å²) in [7, 11) is 0. The number of para-hydroxylation sites is 2. The number of carbonyl (C=O) groups excluding carboxylic acids is 1. The zero-order chi connectivity index (χ0) is 21.6. The predicted octanol–water partition coefficient (Wildman–Crippen LogP) is 5.12. The van der Waals surface area contributed by atoms with Crippen molar-refractivity contribution >= 4 is 22.6 Å². The molecule has 0 aliphatic rings. The molecule has 0 radical (unpaired) electrons. The van der Waals surface area contributed by atoms with Crippen LogP contribution in [-0.4, -0.2) is 29.0 Å². The number of fused-ring (bicyclic) bond motifs is 1. The van der Waals surface area contributed by atoms with Crippen LogP contribution in [0.3, 0.4) is 0 Å². The van der Waals surface area contributed by atoms with Gasteiger partial charge in [-0.05, 0) is 62.2 Å². The summed E-state index contributed by atoms with van der Waals surface area (Å²) in [5.74, 6) is 0.658. The molecule has 0 aliphatic carbocycles. The van der Waals surface area contributed by atoms with Crippen molar-refractivity contribution in [3.05, 3.63) is 95.8 Å². The summed E-state index contributed by atoms with van der Waals surface area (Å²) in [6, 6.07) is 25.6. The summed E-state index contributed by atoms with van der Waals surface area (Å²) in [5.41, 5.74) is 4.77. The topological polar surface area (TPSA) is 61.0 Å². The highest BCUT2D eigenvalue weighted by Gasteiger charge is 2.20. The predicted molar refractivity (Wildman–Crippen MR) is 126 cm³/mol. The number of H-pyrrole nitrogens is 1. The van der Waals surface area contributed by atoms with Crippen molar-refractivity contribution < 1.29 is 4.79 Å². The zero-order valence-corrected chi connectivity index (χ0v) is 18.0. The summed E-state index contributed by atoms with van der Waals surface area (Å²) >= 11 is 0. The van der Waals surface area contributed by atoms with E-state index in [4.69, 9.17) is 4.98 Å². The number of imidazole rings is 1. The summed E-state index contributed by atoms with van der Waals surface area (Å²) in [6.45, 7) is 6.14. The maximum absolute atomic E-state index is 13.1. The minimum absolute atomic E-state index is 0.104. The fraction of sp³-hybridized carbons (Fsp3) is 0.231. The van der Waals surface area contributed by atoms with Crippen LogP contribution < -0.4 is 10.2 Å². The average molecular weight is 413 g/mol. The maximum atomic E-state index is 13.1. The third-order valence-corrected chi connectivity index (χ3v) is 5.58. The molecule has 4 aromatic rings. The molecule has 3 aromatic carbocycles. The number of aromatic amines is 1. The normalized spacial score (nSPS) is 11.9. The van der Waals surface area contributed by atoms with E-state index in [9.17, 15) is 4.79 Å². The molecule has 5 nitrogen and oxygen atoms in total. The van der Waals surface area contributed by atoms with Gasteiger partial charge in [0.1, 0.15) is 5.82 Å². The van der Waals surface area contributed by atoms with Crippen LogP contribution in [0.15, 0.2) is 78.9 Å². The molecule has 5 heteroatoms. The molecule has 0 fully saturated rings. The van der Waals surface area contributed by atoms with Crippen LogP contribution in [0.4, 0.5) is 5.69 Å². The quantitative estimate of drug-likeness (QED) is 0.422. The van der Waals surface area contributed by atoms with Crippen molar-refractivity contribution in [2.45, 2.75) is 26.3 Å². The van der Waals surface area contributed by atoms with Gasteiger partial charge in [-0.1, -0.05) is 42.5 Å². The Bertz CT molecular complexity index is 1100. The molecule has 0 aliphatic heterocycles. The van der Waals surface area contributed by atoms with E-state index in [1.165, 1.54) is 0 Å². The lowest BCUT2D eigenvalue weighted by atomic mass is 10.0. The van der Waals surface area contributed by atoms with E-state index < -0.39 is 0 Å². The van der Waals surface area contributed by atoms with Crippen molar-refractivity contribution in [2.75, 3.05) is 18.0 Å². The molecule has 1 aromatic heterocycles. The van der Waals surface area contributed by atoms with Crippen LogP contribution in [0.1, 0.15) is 41.6 Å². The van der Waals surface area contributed by atoms with Gasteiger partial charge in [-0.3, -0.25) is 4.79 Å². The lowest BCUT2D eigenvalue weighted by molar-refractivity contribution is 0.0935. The maximum Gasteiger partial charge on any atom is 0.251 e. The fourth-order valence-corrected chi connectivity index (χ4v) is 3.86. The first-order chi connectivity index (χ1) is 15.2. The van der Waals surface area contributed by atoms with E-state index in [1.54, 1.807) is 0 Å². The Morgan fingerprint density at radius 3 is 2.29 bits per heavy atom. The van der Waals surface area contributed by atoms with E-state index >= 15 is 0 Å². The molecule has 0 bridgehead atoms. The number of hydrogen-bond donors (Lipinski definition) is 2. The van der Waals surface area contributed by atoms with Crippen molar-refractivity contribution in [1.82, 2.24) is 15.3 Å². The van der Waals surface area contributed by atoms with Gasteiger partial charge in [0.15, 0.2) is 0 Å². The Labute approximate surface area is 183 Å². The van der Waals surface area contributed by atoms with Gasteiger partial charge in [-0.15, -0.1) is 0 Å². The number of benzene rings is 3. The number of rotatable bonds is 8. The Balaban J connectivity index is 1.58. The monoisotopic (exact) mass is 412 g/mol. The van der Waals surface area contributed by atoms with Gasteiger partial charge >= 0.3 is 0 Å². The third kappa shape index (κ3) is 4.77. The number of anilines is 1. The second-order valence-electron chi connectivity index (χ2n) is 7.57. The highest BCUT2D eigenvalue weighted by Crippen LogP contribution is 2.21. The summed E-state index contributed by atoms with van der Waals surface area (Å²) in [4.78, 5) is 23.5. The summed E-state index contributed by atoms with van der Waals surface area (Å²) in [5, 5.41) is 3.19. The number of carbonyl (C=O) groups is 1. The third-order valence-electron chi connectivity index (χ3n) is 5.58. The standard InChI is InChI=1S/C26H28N4O/c1-3-30(4-2)21-16-14-20(15-17-21)26(31)29-24(18-19-10-6-5-7-11-19)25-27-22-12-8-9-13-23(22)28-25/h5-17,24H,3-4,18H2,1-2H3,(H,27,28)(H,29,31). The minimum atomic E-state index is -0.259. The molecule has 0 spiro atoms. The van der Waals surface area contributed by atoms with E-state index in [0.29, 0.717) is 12.0 Å². The zero-order valence-electron chi connectivity index (χ0n) is 18.0.